The van der Waals surface area contributed by atoms with Crippen LogP contribution in [-0.4, -0.2) is 17.0 Å². The molecule has 0 fully saturated rings. The fraction of sp³-hybridized carbons (Fsp3) is 0.115. The molecule has 1 unspecified atom stereocenters. The Bertz CT molecular complexity index is 1320. The minimum absolute atomic E-state index is 0.0951. The molecule has 4 aromatic rings. The van der Waals surface area contributed by atoms with Crippen LogP contribution in [0, 0.1) is 11.3 Å². The summed E-state index contributed by atoms with van der Waals surface area (Å²) in [5, 5.41) is 12.0. The predicted octanol–water partition coefficient (Wildman–Crippen LogP) is 5.66. The molecular formula is C26H19N3O2S. The van der Waals surface area contributed by atoms with Crippen molar-refractivity contribution < 1.29 is 9.53 Å². The van der Waals surface area contributed by atoms with Crippen LogP contribution in [0.25, 0.3) is 21.8 Å². The lowest BCUT2D eigenvalue weighted by molar-refractivity contribution is -0.125. The van der Waals surface area contributed by atoms with Crippen molar-refractivity contribution in [2.45, 2.75) is 19.6 Å². The first-order chi connectivity index (χ1) is 15.6. The summed E-state index contributed by atoms with van der Waals surface area (Å²) in [5.74, 6) is 0.579. The van der Waals surface area contributed by atoms with E-state index < -0.39 is 6.10 Å². The Labute approximate surface area is 190 Å². The highest BCUT2D eigenvalue weighted by Gasteiger charge is 2.32. The third-order valence-corrected chi connectivity index (χ3v) is 6.30. The zero-order valence-electron chi connectivity index (χ0n) is 17.4. The van der Waals surface area contributed by atoms with Crippen LogP contribution in [0.3, 0.4) is 0 Å². The molecule has 0 aliphatic carbocycles. The summed E-state index contributed by atoms with van der Waals surface area (Å²) in [6, 6.07) is 25.3. The number of aromatic nitrogens is 1. The normalized spacial score (nSPS) is 15.1. The van der Waals surface area contributed by atoms with Gasteiger partial charge in [0.2, 0.25) is 0 Å². The Hall–Kier alpha value is -3.95. The number of hydrogen-bond acceptors (Lipinski definition) is 5. The van der Waals surface area contributed by atoms with Gasteiger partial charge in [0, 0.05) is 16.5 Å². The number of thiazole rings is 1. The molecule has 0 spiro atoms. The summed E-state index contributed by atoms with van der Waals surface area (Å²) in [5.41, 5.74) is 5.14. The number of fused-ring (bicyclic) bond motifs is 1. The summed E-state index contributed by atoms with van der Waals surface area (Å²) < 4.78 is 5.86. The highest BCUT2D eigenvalue weighted by atomic mass is 32.1. The Morgan fingerprint density at radius 2 is 1.84 bits per heavy atom. The molecule has 5 rings (SSSR count). The average Bonchev–Trinajstić information content (AvgIpc) is 3.33. The van der Waals surface area contributed by atoms with Gasteiger partial charge in [-0.15, -0.1) is 11.3 Å². The number of carbonyl (C=O) groups is 1. The molecule has 0 bridgehead atoms. The van der Waals surface area contributed by atoms with Gasteiger partial charge in [-0.2, -0.15) is 5.26 Å². The first-order valence-electron chi connectivity index (χ1n) is 10.2. The molecule has 1 aliphatic rings. The van der Waals surface area contributed by atoms with E-state index in [1.54, 1.807) is 35.3 Å². The van der Waals surface area contributed by atoms with Crippen LogP contribution in [0.1, 0.15) is 18.1 Å². The molecule has 1 aliphatic heterocycles. The van der Waals surface area contributed by atoms with E-state index in [4.69, 9.17) is 15.0 Å². The SMILES string of the molecule is CC1Oc2ccc(-c3csc(-c4ccccc4)n3)cc2N(Cc2ccc(C#N)cc2)C1=O. The van der Waals surface area contributed by atoms with Gasteiger partial charge >= 0.3 is 0 Å². The van der Waals surface area contributed by atoms with Crippen molar-refractivity contribution in [2.75, 3.05) is 4.90 Å². The molecular weight excluding hydrogens is 418 g/mol. The van der Waals surface area contributed by atoms with Crippen molar-refractivity contribution in [1.82, 2.24) is 4.98 Å². The van der Waals surface area contributed by atoms with Crippen LogP contribution in [0.4, 0.5) is 5.69 Å². The predicted molar refractivity (Wildman–Crippen MR) is 125 cm³/mol. The maximum atomic E-state index is 13.0. The number of benzene rings is 3. The molecule has 1 aromatic heterocycles. The number of hydrogen-bond donors (Lipinski definition) is 0. The van der Waals surface area contributed by atoms with Crippen molar-refractivity contribution in [1.29, 1.82) is 5.26 Å². The number of carbonyl (C=O) groups excluding carboxylic acids is 1. The zero-order valence-corrected chi connectivity index (χ0v) is 18.2. The third kappa shape index (κ3) is 3.75. The largest absolute Gasteiger partial charge is 0.479 e. The second-order valence-electron chi connectivity index (χ2n) is 7.58. The number of amides is 1. The fourth-order valence-corrected chi connectivity index (χ4v) is 4.55. The Morgan fingerprint density at radius 1 is 1.06 bits per heavy atom. The molecule has 0 saturated carbocycles. The molecule has 156 valence electrons. The fourth-order valence-electron chi connectivity index (χ4n) is 3.72. The van der Waals surface area contributed by atoms with E-state index in [1.807, 2.05) is 66.0 Å². The van der Waals surface area contributed by atoms with Crippen LogP contribution >= 0.6 is 11.3 Å². The van der Waals surface area contributed by atoms with E-state index in [2.05, 4.69) is 6.07 Å². The topological polar surface area (TPSA) is 66.2 Å². The Morgan fingerprint density at radius 3 is 2.59 bits per heavy atom. The average molecular weight is 438 g/mol. The monoisotopic (exact) mass is 437 g/mol. The molecule has 5 nitrogen and oxygen atoms in total. The minimum Gasteiger partial charge on any atom is -0.479 e. The standard InChI is InChI=1S/C26H19N3O2S/c1-17-26(30)29(15-19-9-7-18(14-27)8-10-19)23-13-21(11-12-24(23)31-17)22-16-32-25(28-22)20-5-3-2-4-6-20/h2-13,16-17H,15H2,1H3. The molecule has 3 aromatic carbocycles. The molecule has 2 heterocycles. The van der Waals surface area contributed by atoms with Gasteiger partial charge in [-0.05, 0) is 42.8 Å². The third-order valence-electron chi connectivity index (χ3n) is 5.41. The van der Waals surface area contributed by atoms with E-state index in [9.17, 15) is 4.79 Å². The number of ether oxygens (including phenoxy) is 1. The highest BCUT2D eigenvalue weighted by Crippen LogP contribution is 2.39. The van der Waals surface area contributed by atoms with Gasteiger partial charge in [0.05, 0.1) is 29.6 Å². The second-order valence-corrected chi connectivity index (χ2v) is 8.44. The van der Waals surface area contributed by atoms with E-state index >= 15 is 0 Å². The van der Waals surface area contributed by atoms with Crippen LogP contribution in [0.2, 0.25) is 0 Å². The van der Waals surface area contributed by atoms with E-state index in [0.29, 0.717) is 17.9 Å². The van der Waals surface area contributed by atoms with Gasteiger partial charge in [0.25, 0.3) is 5.91 Å². The number of anilines is 1. The quantitative estimate of drug-likeness (QED) is 0.413. The second kappa shape index (κ2) is 8.29. The van der Waals surface area contributed by atoms with E-state index in [1.165, 1.54) is 0 Å². The first-order valence-corrected chi connectivity index (χ1v) is 11.1. The van der Waals surface area contributed by atoms with Crippen LogP contribution in [0.15, 0.2) is 78.2 Å². The Kier molecular flexibility index (Phi) is 5.18. The van der Waals surface area contributed by atoms with Crippen molar-refractivity contribution in [3.8, 4) is 33.6 Å². The minimum atomic E-state index is -0.560. The molecule has 0 saturated heterocycles. The first kappa shape index (κ1) is 20.0. The molecule has 1 atom stereocenters. The van der Waals surface area contributed by atoms with Gasteiger partial charge in [0.1, 0.15) is 10.8 Å². The van der Waals surface area contributed by atoms with Gasteiger partial charge in [-0.1, -0.05) is 42.5 Å². The van der Waals surface area contributed by atoms with Crippen molar-refractivity contribution in [2.24, 2.45) is 0 Å². The maximum absolute atomic E-state index is 13.0. The van der Waals surface area contributed by atoms with E-state index in [0.717, 1.165) is 33.1 Å². The number of nitrogens with zero attached hydrogens (tertiary/aromatic N) is 3. The Balaban J connectivity index is 1.50. The van der Waals surface area contributed by atoms with E-state index in [-0.39, 0.29) is 5.91 Å². The highest BCUT2D eigenvalue weighted by molar-refractivity contribution is 7.13. The van der Waals surface area contributed by atoms with Gasteiger partial charge in [-0.3, -0.25) is 4.79 Å². The number of rotatable bonds is 4. The number of nitriles is 1. The molecule has 1 amide bonds. The smallest absolute Gasteiger partial charge is 0.268 e. The lowest BCUT2D eigenvalue weighted by Gasteiger charge is -2.33. The maximum Gasteiger partial charge on any atom is 0.268 e. The van der Waals surface area contributed by atoms with Crippen LogP contribution in [-0.2, 0) is 11.3 Å². The molecule has 32 heavy (non-hydrogen) atoms. The van der Waals surface area contributed by atoms with Crippen molar-refractivity contribution in [3.63, 3.8) is 0 Å². The summed E-state index contributed by atoms with van der Waals surface area (Å²) in [6.45, 7) is 2.17. The van der Waals surface area contributed by atoms with Gasteiger partial charge in [-0.25, -0.2) is 4.98 Å². The zero-order chi connectivity index (χ0) is 22.1. The molecule has 6 heteroatoms. The van der Waals surface area contributed by atoms with Crippen LogP contribution < -0.4 is 9.64 Å². The van der Waals surface area contributed by atoms with Crippen LogP contribution in [0.5, 0.6) is 5.75 Å². The molecule has 0 radical (unpaired) electrons. The van der Waals surface area contributed by atoms with Crippen molar-refractivity contribution in [3.05, 3.63) is 89.3 Å². The van der Waals surface area contributed by atoms with Gasteiger partial charge < -0.3 is 9.64 Å². The lowest BCUT2D eigenvalue weighted by Crippen LogP contribution is -2.44. The summed E-state index contributed by atoms with van der Waals surface area (Å²) >= 11 is 1.59. The van der Waals surface area contributed by atoms with Gasteiger partial charge in [0.15, 0.2) is 6.10 Å². The summed E-state index contributed by atoms with van der Waals surface area (Å²) in [6.07, 6.45) is -0.560. The summed E-state index contributed by atoms with van der Waals surface area (Å²) in [7, 11) is 0. The summed E-state index contributed by atoms with van der Waals surface area (Å²) in [4.78, 5) is 19.5. The molecule has 0 N–H and O–H groups in total. The van der Waals surface area contributed by atoms with Crippen molar-refractivity contribution >= 4 is 22.9 Å². The lowest BCUT2D eigenvalue weighted by atomic mass is 10.1.